The number of carbonyl (C=O) groups excluding carboxylic acids is 2. The summed E-state index contributed by atoms with van der Waals surface area (Å²) in [6.07, 6.45) is 17.7. The van der Waals surface area contributed by atoms with Gasteiger partial charge in [-0.05, 0) is 67.4 Å². The average molecular weight is 338 g/mol. The fourth-order valence-electron chi connectivity index (χ4n) is 6.33. The maximum atomic E-state index is 11.8. The van der Waals surface area contributed by atoms with Crippen LogP contribution in [0.25, 0.3) is 0 Å². The van der Waals surface area contributed by atoms with E-state index in [4.69, 9.17) is 11.2 Å². The third-order valence-electron chi connectivity index (χ3n) is 7.54. The van der Waals surface area contributed by atoms with Crippen molar-refractivity contribution >= 4 is 11.8 Å². The molecular weight excluding hydrogens is 312 g/mol. The summed E-state index contributed by atoms with van der Waals surface area (Å²) in [6.45, 7) is 3.69. The summed E-state index contributed by atoms with van der Waals surface area (Å²) in [5.41, 5.74) is 0.299. The van der Waals surface area contributed by atoms with Gasteiger partial charge < -0.3 is 4.74 Å². The first-order valence-electron chi connectivity index (χ1n) is 9.50. The molecular formula is C22H26O3. The second-order valence-corrected chi connectivity index (χ2v) is 8.52. The predicted molar refractivity (Wildman–Crippen MR) is 95.3 cm³/mol. The van der Waals surface area contributed by atoms with E-state index >= 15 is 0 Å². The van der Waals surface area contributed by atoms with E-state index in [0.717, 1.165) is 32.1 Å². The van der Waals surface area contributed by atoms with Crippen molar-refractivity contribution in [1.82, 2.24) is 0 Å². The second-order valence-electron chi connectivity index (χ2n) is 8.52. The molecule has 0 aliphatic heterocycles. The third-order valence-corrected chi connectivity index (χ3v) is 7.54. The molecule has 0 aromatic carbocycles. The maximum Gasteiger partial charge on any atom is 0.304 e. The van der Waals surface area contributed by atoms with Crippen LogP contribution in [-0.4, -0.2) is 17.4 Å². The molecule has 4 unspecified atom stereocenters. The van der Waals surface area contributed by atoms with Gasteiger partial charge in [0.2, 0.25) is 0 Å². The van der Waals surface area contributed by atoms with Crippen molar-refractivity contribution in [1.29, 1.82) is 0 Å². The Morgan fingerprint density at radius 3 is 2.84 bits per heavy atom. The van der Waals surface area contributed by atoms with Crippen LogP contribution in [0, 0.1) is 41.4 Å². The van der Waals surface area contributed by atoms with E-state index < -0.39 is 5.60 Å². The number of hydrogen-bond donors (Lipinski definition) is 0. The molecule has 0 spiro atoms. The van der Waals surface area contributed by atoms with Crippen LogP contribution in [0.1, 0.15) is 52.4 Å². The Hall–Kier alpha value is -1.82. The molecule has 0 N–H and O–H groups in total. The number of esters is 1. The van der Waals surface area contributed by atoms with E-state index in [-0.39, 0.29) is 17.2 Å². The first kappa shape index (κ1) is 16.6. The largest absolute Gasteiger partial charge is 0.445 e. The van der Waals surface area contributed by atoms with Crippen LogP contribution in [0.4, 0.5) is 0 Å². The van der Waals surface area contributed by atoms with Gasteiger partial charge in [0, 0.05) is 18.8 Å². The van der Waals surface area contributed by atoms with E-state index in [0.29, 0.717) is 30.1 Å². The molecule has 0 aromatic rings. The van der Waals surface area contributed by atoms with E-state index in [9.17, 15) is 9.59 Å². The van der Waals surface area contributed by atoms with Gasteiger partial charge in [-0.25, -0.2) is 0 Å². The average Bonchev–Trinajstić information content (AvgIpc) is 2.87. The normalized spacial score (nSPS) is 44.8. The minimum absolute atomic E-state index is 0.162. The van der Waals surface area contributed by atoms with E-state index in [1.54, 1.807) is 0 Å². The number of ether oxygens (including phenoxy) is 1. The Morgan fingerprint density at radius 2 is 2.12 bits per heavy atom. The van der Waals surface area contributed by atoms with Crippen molar-refractivity contribution in [2.24, 2.45) is 29.1 Å². The zero-order valence-electron chi connectivity index (χ0n) is 15.1. The Balaban J connectivity index is 1.69. The number of fused-ring (bicyclic) bond motifs is 5. The summed E-state index contributed by atoms with van der Waals surface area (Å²) in [5.74, 6) is 4.87. The topological polar surface area (TPSA) is 43.4 Å². The number of hydrogen-bond acceptors (Lipinski definition) is 3. The van der Waals surface area contributed by atoms with Gasteiger partial charge in [-0.15, -0.1) is 6.42 Å². The highest BCUT2D eigenvalue weighted by atomic mass is 16.6. The molecule has 2 fully saturated rings. The maximum absolute atomic E-state index is 11.8. The van der Waals surface area contributed by atoms with Crippen molar-refractivity contribution in [3.8, 4) is 12.3 Å². The van der Waals surface area contributed by atoms with Crippen LogP contribution in [0.2, 0.25) is 0 Å². The fraction of sp³-hybridized carbons (Fsp3) is 0.636. The van der Waals surface area contributed by atoms with Crippen molar-refractivity contribution in [3.63, 3.8) is 0 Å². The summed E-state index contributed by atoms with van der Waals surface area (Å²) in [7, 11) is 0. The highest BCUT2D eigenvalue weighted by Gasteiger charge is 2.63. The molecule has 0 radical (unpaired) electrons. The number of allylic oxidation sites excluding steroid dienone is 4. The molecule has 0 heterocycles. The van der Waals surface area contributed by atoms with E-state index in [1.807, 2.05) is 6.08 Å². The lowest BCUT2D eigenvalue weighted by molar-refractivity contribution is -0.166. The van der Waals surface area contributed by atoms with Crippen LogP contribution in [0.5, 0.6) is 0 Å². The fourth-order valence-corrected chi connectivity index (χ4v) is 6.33. The molecule has 0 aromatic heterocycles. The van der Waals surface area contributed by atoms with Gasteiger partial charge in [-0.1, -0.05) is 25.0 Å². The molecule has 6 atom stereocenters. The predicted octanol–water partition coefficient (Wildman–Crippen LogP) is 3.84. The minimum Gasteiger partial charge on any atom is -0.445 e. The smallest absolute Gasteiger partial charge is 0.304 e. The van der Waals surface area contributed by atoms with Gasteiger partial charge in [0.25, 0.3) is 0 Å². The molecule has 4 aliphatic rings. The number of terminal acetylenes is 1. The molecule has 132 valence electrons. The Morgan fingerprint density at radius 1 is 1.32 bits per heavy atom. The Kier molecular flexibility index (Phi) is 3.72. The summed E-state index contributed by atoms with van der Waals surface area (Å²) in [5, 5.41) is 0. The van der Waals surface area contributed by atoms with Crippen LogP contribution in [0.15, 0.2) is 23.8 Å². The van der Waals surface area contributed by atoms with Gasteiger partial charge in [-0.2, -0.15) is 0 Å². The lowest BCUT2D eigenvalue weighted by Gasteiger charge is -2.53. The molecule has 0 bridgehead atoms. The lowest BCUT2D eigenvalue weighted by Crippen LogP contribution is -2.53. The lowest BCUT2D eigenvalue weighted by atomic mass is 9.52. The molecule has 0 amide bonds. The van der Waals surface area contributed by atoms with Crippen molar-refractivity contribution < 1.29 is 14.3 Å². The van der Waals surface area contributed by atoms with Gasteiger partial charge >= 0.3 is 5.97 Å². The molecule has 25 heavy (non-hydrogen) atoms. The Labute approximate surface area is 149 Å². The minimum atomic E-state index is -0.763. The molecule has 3 heteroatoms. The van der Waals surface area contributed by atoms with Gasteiger partial charge in [0.15, 0.2) is 11.4 Å². The summed E-state index contributed by atoms with van der Waals surface area (Å²) >= 11 is 0. The Bertz CT molecular complexity index is 724. The number of rotatable bonds is 1. The van der Waals surface area contributed by atoms with Crippen molar-refractivity contribution in [2.75, 3.05) is 0 Å². The van der Waals surface area contributed by atoms with Gasteiger partial charge in [0.1, 0.15) is 0 Å². The summed E-state index contributed by atoms with van der Waals surface area (Å²) in [4.78, 5) is 23.5. The van der Waals surface area contributed by atoms with Crippen LogP contribution >= 0.6 is 0 Å². The standard InChI is InChI=1S/C22H26O3/c1-4-22(25-14(2)23)12-10-20-19-7-5-15-13-16(24)6-8-17(15)18(19)9-11-21(20,22)3/h1,5,7,13,17-20H,6,8-12H2,2-3H3/t17?,18?,19?,20?,21-,22-/m0/s1. The molecule has 2 saturated carbocycles. The SMILES string of the molecule is C#C[C@]1(OC(C)=O)CCC2C3C=CC4=CC(=O)CCC4C3CC[C@@]21C. The zero-order valence-corrected chi connectivity index (χ0v) is 15.1. The highest BCUT2D eigenvalue weighted by molar-refractivity contribution is 5.91. The highest BCUT2D eigenvalue weighted by Crippen LogP contribution is 2.64. The quantitative estimate of drug-likeness (QED) is 0.539. The van der Waals surface area contributed by atoms with Crippen molar-refractivity contribution in [3.05, 3.63) is 23.8 Å². The zero-order chi connectivity index (χ0) is 17.8. The molecule has 4 rings (SSSR count). The number of ketones is 1. The number of carbonyl (C=O) groups is 2. The third kappa shape index (κ3) is 2.26. The van der Waals surface area contributed by atoms with E-state index in [1.165, 1.54) is 12.5 Å². The molecule has 4 aliphatic carbocycles. The summed E-state index contributed by atoms with van der Waals surface area (Å²) < 4.78 is 5.77. The van der Waals surface area contributed by atoms with E-state index in [2.05, 4.69) is 25.0 Å². The first-order chi connectivity index (χ1) is 11.9. The molecule has 3 nitrogen and oxygen atoms in total. The second kappa shape index (κ2) is 5.59. The first-order valence-corrected chi connectivity index (χ1v) is 9.50. The van der Waals surface area contributed by atoms with Crippen LogP contribution < -0.4 is 0 Å². The monoisotopic (exact) mass is 338 g/mol. The van der Waals surface area contributed by atoms with Gasteiger partial charge in [-0.3, -0.25) is 9.59 Å². The van der Waals surface area contributed by atoms with Crippen LogP contribution in [-0.2, 0) is 14.3 Å². The molecule has 0 saturated heterocycles. The van der Waals surface area contributed by atoms with Crippen molar-refractivity contribution in [2.45, 2.75) is 58.0 Å². The van der Waals surface area contributed by atoms with Crippen LogP contribution in [0.3, 0.4) is 0 Å². The summed E-state index contributed by atoms with van der Waals surface area (Å²) in [6, 6.07) is 0. The van der Waals surface area contributed by atoms with Gasteiger partial charge in [0.05, 0.1) is 0 Å².